The van der Waals surface area contributed by atoms with Gasteiger partial charge in [0.15, 0.2) is 18.9 Å². The average molecular weight is 2080 g/mol. The number of hydrogen-bond acceptors (Lipinski definition) is 39. The molecule has 26 N–H and O–H groups in total. The maximum absolute atomic E-state index is 14.5. The van der Waals surface area contributed by atoms with E-state index in [-0.39, 0.29) is 6.42 Å². The summed E-state index contributed by atoms with van der Waals surface area (Å²) in [7, 11) is 0. The van der Waals surface area contributed by atoms with E-state index in [1.54, 1.807) is 6.08 Å². The number of ketones is 1. The highest BCUT2D eigenvalue weighted by molar-refractivity contribution is 5.79. The van der Waals surface area contributed by atoms with Gasteiger partial charge in [0.1, 0.15) is 122 Å². The first-order valence-electron chi connectivity index (χ1n) is 52.1. The Morgan fingerprint density at radius 1 is 0.396 bits per heavy atom. The molecule has 6 aliphatic rings. The van der Waals surface area contributed by atoms with E-state index in [0.29, 0.717) is 12.8 Å². The number of aliphatic hydroxyl groups is 19. The highest BCUT2D eigenvalue weighted by atomic mass is 16.8. The van der Waals surface area contributed by atoms with Gasteiger partial charge in [-0.15, -0.1) is 0 Å². The third kappa shape index (κ3) is 38.7. The van der Waals surface area contributed by atoms with Gasteiger partial charge in [-0.3, -0.25) is 19.2 Å². The van der Waals surface area contributed by atoms with Gasteiger partial charge in [0, 0.05) is 58.8 Å². The minimum atomic E-state index is -3.71. The molecule has 6 fully saturated rings. The van der Waals surface area contributed by atoms with Crippen LogP contribution in [0, 0.1) is 5.92 Å². The van der Waals surface area contributed by atoms with Crippen LogP contribution in [0.2, 0.25) is 0 Å². The van der Waals surface area contributed by atoms with Gasteiger partial charge in [0.2, 0.25) is 23.6 Å². The molecule has 0 aromatic heterocycles. The maximum atomic E-state index is 14.5. The van der Waals surface area contributed by atoms with Gasteiger partial charge in [-0.05, 0) is 26.2 Å². The van der Waals surface area contributed by atoms with Crippen LogP contribution in [0.5, 0.6) is 0 Å². The van der Waals surface area contributed by atoms with Gasteiger partial charge < -0.3 is 195 Å². The number of carbonyl (C=O) groups is 8. The van der Waals surface area contributed by atoms with E-state index in [9.17, 15) is 151 Å². The fourth-order valence-electron chi connectivity index (χ4n) is 19.7. The molecule has 6 heterocycles. The zero-order valence-corrected chi connectivity index (χ0v) is 84.4. The number of hydrogen-bond donors (Lipinski definition) is 26. The minimum Gasteiger partial charge on any atom is -0.477 e. The molecule has 46 heteroatoms. The fraction of sp³-hybridized carbons (Fsp3) is 0.898. The van der Waals surface area contributed by atoms with Gasteiger partial charge in [0.25, 0.3) is 17.4 Å². The predicted molar refractivity (Wildman–Crippen MR) is 507 cm³/mol. The Bertz CT molecular complexity index is 3720. The van der Waals surface area contributed by atoms with Crippen LogP contribution in [0.3, 0.4) is 0 Å². The summed E-state index contributed by atoms with van der Waals surface area (Å²) in [5.74, 6) is -23.6. The number of carbonyl (C=O) groups excluding carboxylic acids is 5. The Hall–Kier alpha value is -5.54. The molecule has 35 atom stereocenters. The summed E-state index contributed by atoms with van der Waals surface area (Å²) in [5, 5.41) is 262. The minimum absolute atomic E-state index is 0.0838. The van der Waals surface area contributed by atoms with Crippen LogP contribution in [0.15, 0.2) is 12.2 Å². The smallest absolute Gasteiger partial charge is 0.364 e. The zero-order chi connectivity index (χ0) is 107. The number of Topliss-reactive ketones (excluding diaryl/α,β-unsaturated/α-hetero) is 1. The maximum Gasteiger partial charge on any atom is 0.364 e. The normalized spacial score (nSPS) is 32.8. The number of allylic oxidation sites excluding steroid dienone is 1. The van der Waals surface area contributed by atoms with E-state index in [0.717, 1.165) is 91.9 Å². The second-order valence-corrected chi connectivity index (χ2v) is 39.6. The summed E-state index contributed by atoms with van der Waals surface area (Å²) in [6.07, 6.45) is -23.1. The third-order valence-electron chi connectivity index (χ3n) is 27.8. The Morgan fingerprint density at radius 2 is 0.757 bits per heavy atom. The van der Waals surface area contributed by atoms with Crippen molar-refractivity contribution >= 4 is 47.3 Å². The molecule has 46 nitrogen and oxygen atoms in total. The first kappa shape index (κ1) is 127. The highest BCUT2D eigenvalue weighted by Crippen LogP contribution is 2.45. The number of unbranched alkanes of at least 4 members (excludes halogenated alkanes) is 33. The summed E-state index contributed by atoms with van der Waals surface area (Å²) in [4.78, 5) is 107. The first-order valence-corrected chi connectivity index (χ1v) is 52.1. The topological polar surface area (TPSA) is 741 Å². The highest BCUT2D eigenvalue weighted by Gasteiger charge is 2.65. The molecule has 0 saturated carbocycles. The van der Waals surface area contributed by atoms with Crippen LogP contribution in [-0.4, -0.2) is 413 Å². The van der Waals surface area contributed by atoms with Gasteiger partial charge >= 0.3 is 17.9 Å². The fourth-order valence-corrected chi connectivity index (χ4v) is 19.7. The number of rotatable bonds is 72. The Kier molecular flexibility index (Phi) is 58.0. The van der Waals surface area contributed by atoms with E-state index in [1.165, 1.54) is 154 Å². The summed E-state index contributed by atoms with van der Waals surface area (Å²) in [6, 6.07) is -7.29. The van der Waals surface area contributed by atoms with Crippen molar-refractivity contribution in [3.8, 4) is 0 Å². The number of aliphatic carboxylic acids is 3. The van der Waals surface area contributed by atoms with Crippen LogP contribution in [-0.2, 0) is 95.2 Å². The van der Waals surface area contributed by atoms with Crippen LogP contribution in [0.1, 0.15) is 298 Å². The van der Waals surface area contributed by atoms with E-state index in [2.05, 4.69) is 35.1 Å². The predicted octanol–water partition coefficient (Wildman–Crippen LogP) is -0.308. The summed E-state index contributed by atoms with van der Waals surface area (Å²) in [5.41, 5.74) is 0. The SMILES string of the molecule is CCCCCCCCCCCCC/C=C\[C@@H](O)[C@H](CO[C@@H]1O[C@H](CO)[C@@H](O[C@@H]2O[C@H](CO)[C@H](O[C@@H]3O[C@H](CO)[C@H](O)[C@H](O)[C@H]3CC(C)=O)[C@H](O[C@]3(C(=O)O)C[C@H](O)[C@@H](NC(C)=O)C([C@H](O)[C@@H](CO)O[C@]4(C(=O)O)C[C@H](O)[C@@H](NC(C)=O)C([C@H](O)[C@@H](CO)O[C@]5(C(=O)O)C[C@H](O)[C@@H](NC(C)=O)C([C@H](O)[C@H](O)CO)O5)O4)O3)[C@H]2O)[C@H](O)[C@H]1O)NC(=O)CCCCCCCCCCCCCCCCCCCCCCCCC. The first-order chi connectivity index (χ1) is 68.6. The standard InChI is InChI=1S/C98H172N4O42/c1-7-9-11-13-15-17-19-21-22-23-24-25-26-27-28-29-30-32-34-36-38-40-42-44-72(118)102-61(62(113)43-41-39-37-35-33-31-20-18-16-14-12-10-8-2)55-133-91-82(125)81(124)84(70(53-107)135-91)137-92-83(126)89(85(71(54-108)136-92)138-90-60(45-56(3)109)76(119)78(121)67(50-104)134-90)144-98(95(131)132)48-65(116)75(101-59(6)112)88(143-98)80(123)69(52-106)140-97(94(129)130)47-64(115)74(100-58(5)111)87(142-97)79(122)68(51-105)139-96(93(127)128)46-63(114)73(99-57(4)110)86(141-96)77(120)66(117)49-103/h41,43,60-71,73-92,103-108,113-117,119-126H,7-40,42,44-55H2,1-6H3,(H,99,110)(H,100,111)(H,101,112)(H,102,118)(H,127,128)(H,129,130)(H,131,132)/b43-41-/t60-,61+,62-,63+,64+,65+,66-,67-,68-,69-,70-,71-,73-,74-,75-,76-,77-,78+,79-,80-,81-,82-,83-,84-,85+,86?,87?,88?,89-,90+,91-,92+,96-,97-,98+/m1/s1. The molecule has 4 amide bonds. The van der Waals surface area contributed by atoms with Crippen LogP contribution in [0.25, 0.3) is 0 Å². The summed E-state index contributed by atoms with van der Waals surface area (Å²) < 4.78 is 72.1. The summed E-state index contributed by atoms with van der Waals surface area (Å²) >= 11 is 0. The Morgan fingerprint density at radius 3 is 1.14 bits per heavy atom. The zero-order valence-electron chi connectivity index (χ0n) is 84.4. The molecule has 0 aromatic rings. The second kappa shape index (κ2) is 65.6. The van der Waals surface area contributed by atoms with Crippen LogP contribution < -0.4 is 21.3 Å². The number of ether oxygens (including phenoxy) is 12. The van der Waals surface area contributed by atoms with Crippen LogP contribution >= 0.6 is 0 Å². The molecule has 836 valence electrons. The molecule has 0 aromatic carbocycles. The van der Waals surface area contributed by atoms with E-state index < -0.39 is 332 Å². The molecule has 144 heavy (non-hydrogen) atoms. The lowest BCUT2D eigenvalue weighted by Gasteiger charge is -2.53. The van der Waals surface area contributed by atoms with E-state index >= 15 is 0 Å². The molecular weight excluding hydrogens is 1910 g/mol. The van der Waals surface area contributed by atoms with Crippen molar-refractivity contribution in [2.75, 3.05) is 46.2 Å². The lowest BCUT2D eigenvalue weighted by Crippen LogP contribution is -2.72. The number of aliphatic hydroxyl groups excluding tert-OH is 19. The Balaban J connectivity index is 1.26. The summed E-state index contributed by atoms with van der Waals surface area (Å²) in [6.45, 7) is -0.547. The molecule has 0 spiro atoms. The molecule has 3 unspecified atom stereocenters. The molecular formula is C98H172N4O42. The van der Waals surface area contributed by atoms with Gasteiger partial charge in [0.05, 0.1) is 101 Å². The lowest BCUT2D eigenvalue weighted by atomic mass is 9.86. The molecule has 6 saturated heterocycles. The van der Waals surface area contributed by atoms with Crippen molar-refractivity contribution in [3.05, 3.63) is 12.2 Å². The molecule has 0 bridgehead atoms. The van der Waals surface area contributed by atoms with Crippen LogP contribution in [0.4, 0.5) is 0 Å². The van der Waals surface area contributed by atoms with E-state index in [1.807, 2.05) is 0 Å². The monoisotopic (exact) mass is 2080 g/mol. The van der Waals surface area contributed by atoms with Crippen molar-refractivity contribution in [3.63, 3.8) is 0 Å². The van der Waals surface area contributed by atoms with Crippen molar-refractivity contribution in [2.24, 2.45) is 5.92 Å². The Labute approximate surface area is 842 Å². The van der Waals surface area contributed by atoms with E-state index in [4.69, 9.17) is 56.8 Å². The average Bonchev–Trinajstić information content (AvgIpc) is 0.735. The van der Waals surface area contributed by atoms with Gasteiger partial charge in [-0.1, -0.05) is 231 Å². The largest absolute Gasteiger partial charge is 0.477 e. The molecule has 6 rings (SSSR count). The van der Waals surface area contributed by atoms with Crippen molar-refractivity contribution in [1.29, 1.82) is 0 Å². The number of carboxylic acids is 3. The van der Waals surface area contributed by atoms with Gasteiger partial charge in [-0.25, -0.2) is 14.4 Å². The van der Waals surface area contributed by atoms with Gasteiger partial charge in [-0.2, -0.15) is 0 Å². The lowest BCUT2D eigenvalue weighted by molar-refractivity contribution is -0.404. The number of amides is 4. The molecule has 0 aliphatic carbocycles. The second-order valence-electron chi connectivity index (χ2n) is 39.6. The quantitative estimate of drug-likeness (QED) is 0.0274. The van der Waals surface area contributed by atoms with Crippen molar-refractivity contribution < 1.29 is 208 Å². The molecule has 6 aliphatic heterocycles. The number of nitrogens with one attached hydrogen (secondary N) is 4. The number of carboxylic acid groups (broad SMARTS) is 3. The third-order valence-corrected chi connectivity index (χ3v) is 27.8. The molecule has 0 radical (unpaired) electrons. The van der Waals surface area contributed by atoms with Crippen molar-refractivity contribution in [1.82, 2.24) is 21.3 Å². The van der Waals surface area contributed by atoms with Crippen molar-refractivity contribution in [2.45, 2.75) is 505 Å².